The predicted octanol–water partition coefficient (Wildman–Crippen LogP) is 5.35. The monoisotopic (exact) mass is 602 g/mol. The van der Waals surface area contributed by atoms with E-state index in [0.29, 0.717) is 49.8 Å². The zero-order chi connectivity index (χ0) is 27.5. The topological polar surface area (TPSA) is 80.1 Å². The molecule has 1 aromatic heterocycles. The van der Waals surface area contributed by atoms with Gasteiger partial charge in [-0.15, -0.1) is 0 Å². The predicted molar refractivity (Wildman–Crippen MR) is 152 cm³/mol. The first-order valence-electron chi connectivity index (χ1n) is 12.8. The van der Waals surface area contributed by atoms with Crippen molar-refractivity contribution in [3.05, 3.63) is 91.9 Å². The van der Waals surface area contributed by atoms with E-state index in [4.69, 9.17) is 9.15 Å². The molecule has 204 valence electrons. The average Bonchev–Trinajstić information content (AvgIpc) is 2.88. The fourth-order valence-electron chi connectivity index (χ4n) is 4.45. The van der Waals surface area contributed by atoms with Crippen LogP contribution in [-0.2, 0) is 35.0 Å². The van der Waals surface area contributed by atoms with Crippen molar-refractivity contribution in [2.45, 2.75) is 57.6 Å². The van der Waals surface area contributed by atoms with Crippen LogP contribution < -0.4 is 10.2 Å². The van der Waals surface area contributed by atoms with Gasteiger partial charge in [0.25, 0.3) is 0 Å². The standard InChI is InChI=1S/C29H35BrN2O5S/c1-5-22-16-24(30)10-11-28(22)38(34,35)32-14-12-31(13-15-32)18-25-17-26(33)27(20-36-25)37-19-21-6-8-23(9-7-21)29(2,3)4/h6-11,16-17,20H,5,12-15,18-19H2,1-4H3. The molecule has 0 radical (unpaired) electrons. The minimum absolute atomic E-state index is 0.0787. The van der Waals surface area contributed by atoms with Gasteiger partial charge in [0.2, 0.25) is 21.2 Å². The lowest BCUT2D eigenvalue weighted by Crippen LogP contribution is -2.48. The Morgan fingerprint density at radius 3 is 2.29 bits per heavy atom. The highest BCUT2D eigenvalue weighted by Crippen LogP contribution is 2.26. The quantitative estimate of drug-likeness (QED) is 0.346. The van der Waals surface area contributed by atoms with Gasteiger partial charge in [0, 0.05) is 36.7 Å². The van der Waals surface area contributed by atoms with Crippen LogP contribution in [0, 0.1) is 0 Å². The van der Waals surface area contributed by atoms with E-state index in [9.17, 15) is 13.2 Å². The first-order chi connectivity index (χ1) is 18.0. The molecule has 7 nitrogen and oxygen atoms in total. The van der Waals surface area contributed by atoms with E-state index in [1.165, 1.54) is 22.2 Å². The van der Waals surface area contributed by atoms with Crippen molar-refractivity contribution in [2.75, 3.05) is 26.2 Å². The molecule has 2 aromatic carbocycles. The van der Waals surface area contributed by atoms with Gasteiger partial charge in [-0.2, -0.15) is 4.31 Å². The highest BCUT2D eigenvalue weighted by molar-refractivity contribution is 9.10. The van der Waals surface area contributed by atoms with Crippen LogP contribution in [0.1, 0.15) is 50.1 Å². The van der Waals surface area contributed by atoms with Gasteiger partial charge >= 0.3 is 0 Å². The Kier molecular flexibility index (Phi) is 8.82. The maximum Gasteiger partial charge on any atom is 0.243 e. The van der Waals surface area contributed by atoms with Crippen LogP contribution in [0.25, 0.3) is 0 Å². The molecule has 2 heterocycles. The Hall–Kier alpha value is -2.46. The molecule has 0 amide bonds. The molecule has 9 heteroatoms. The molecule has 1 fully saturated rings. The van der Waals surface area contributed by atoms with E-state index in [1.807, 2.05) is 25.1 Å². The average molecular weight is 604 g/mol. The zero-order valence-electron chi connectivity index (χ0n) is 22.4. The van der Waals surface area contributed by atoms with Gasteiger partial charge in [-0.1, -0.05) is 67.9 Å². The molecule has 3 aromatic rings. The van der Waals surface area contributed by atoms with Crippen LogP contribution >= 0.6 is 15.9 Å². The number of nitrogens with zero attached hydrogens (tertiary/aromatic N) is 2. The molecule has 0 atom stereocenters. The number of hydrogen-bond acceptors (Lipinski definition) is 6. The van der Waals surface area contributed by atoms with Gasteiger partial charge in [0.05, 0.1) is 11.4 Å². The number of rotatable bonds is 8. The molecule has 38 heavy (non-hydrogen) atoms. The van der Waals surface area contributed by atoms with E-state index in [0.717, 1.165) is 15.6 Å². The molecule has 0 unspecified atom stereocenters. The number of benzene rings is 2. The van der Waals surface area contributed by atoms with Gasteiger partial charge in [0.15, 0.2) is 0 Å². The molecule has 4 rings (SSSR count). The molecule has 1 saturated heterocycles. The Balaban J connectivity index is 1.32. The maximum absolute atomic E-state index is 13.3. The smallest absolute Gasteiger partial charge is 0.243 e. The minimum Gasteiger partial charge on any atom is -0.482 e. The summed E-state index contributed by atoms with van der Waals surface area (Å²) in [6, 6.07) is 14.9. The lowest BCUT2D eigenvalue weighted by Gasteiger charge is -2.34. The second kappa shape index (κ2) is 11.7. The van der Waals surface area contributed by atoms with Crippen molar-refractivity contribution in [3.63, 3.8) is 0 Å². The van der Waals surface area contributed by atoms with Crippen LogP contribution in [0.3, 0.4) is 0 Å². The molecule has 1 aliphatic heterocycles. The number of sulfonamides is 1. The van der Waals surface area contributed by atoms with E-state index in [-0.39, 0.29) is 23.2 Å². The summed E-state index contributed by atoms with van der Waals surface area (Å²) in [6.07, 6.45) is 2.00. The van der Waals surface area contributed by atoms with E-state index >= 15 is 0 Å². The van der Waals surface area contributed by atoms with E-state index in [2.05, 4.69) is 53.7 Å². The van der Waals surface area contributed by atoms with E-state index in [1.54, 1.807) is 12.1 Å². The fourth-order valence-corrected chi connectivity index (χ4v) is 6.56. The molecule has 1 aliphatic rings. The van der Waals surface area contributed by atoms with Crippen molar-refractivity contribution >= 4 is 26.0 Å². The first-order valence-corrected chi connectivity index (χ1v) is 15.1. The van der Waals surface area contributed by atoms with Gasteiger partial charge in [-0.3, -0.25) is 9.69 Å². The van der Waals surface area contributed by atoms with Crippen LogP contribution in [0.2, 0.25) is 0 Å². The third kappa shape index (κ3) is 6.75. The number of piperazine rings is 1. The summed E-state index contributed by atoms with van der Waals surface area (Å²) >= 11 is 3.42. The highest BCUT2D eigenvalue weighted by Gasteiger charge is 2.30. The normalized spacial score (nSPS) is 15.5. The summed E-state index contributed by atoms with van der Waals surface area (Å²) in [5.74, 6) is 0.695. The van der Waals surface area contributed by atoms with Gasteiger partial charge in [0.1, 0.15) is 18.6 Å². The van der Waals surface area contributed by atoms with Crippen molar-refractivity contribution in [1.82, 2.24) is 9.21 Å². The number of ether oxygens (including phenoxy) is 1. The number of hydrogen-bond donors (Lipinski definition) is 0. The fraction of sp³-hybridized carbons (Fsp3) is 0.414. The summed E-state index contributed by atoms with van der Waals surface area (Å²) in [6.45, 7) is 11.0. The molecule has 0 spiro atoms. The Labute approximate surface area is 233 Å². The van der Waals surface area contributed by atoms with Crippen molar-refractivity contribution in [3.8, 4) is 5.75 Å². The first kappa shape index (κ1) is 28.5. The molecule has 0 bridgehead atoms. The SMILES string of the molecule is CCc1cc(Br)ccc1S(=O)(=O)N1CCN(Cc2cc(=O)c(OCc3ccc(C(C)(C)C)cc3)co2)CC1. The van der Waals surface area contributed by atoms with Gasteiger partial charge in [-0.25, -0.2) is 8.42 Å². The van der Waals surface area contributed by atoms with Crippen molar-refractivity contribution < 1.29 is 17.6 Å². The van der Waals surface area contributed by atoms with Crippen LogP contribution in [0.4, 0.5) is 0 Å². The summed E-state index contributed by atoms with van der Waals surface area (Å²) in [7, 11) is -3.57. The summed E-state index contributed by atoms with van der Waals surface area (Å²) < 4.78 is 40.4. The minimum atomic E-state index is -3.57. The molecular weight excluding hydrogens is 568 g/mol. The van der Waals surface area contributed by atoms with Gasteiger partial charge in [-0.05, 0) is 46.7 Å². The van der Waals surface area contributed by atoms with Gasteiger partial charge < -0.3 is 9.15 Å². The number of aryl methyl sites for hydroxylation is 1. The second-order valence-corrected chi connectivity index (χ2v) is 13.4. The number of halogens is 1. The lowest BCUT2D eigenvalue weighted by molar-refractivity contribution is 0.169. The maximum atomic E-state index is 13.3. The Morgan fingerprint density at radius 2 is 1.68 bits per heavy atom. The largest absolute Gasteiger partial charge is 0.482 e. The molecular formula is C29H35BrN2O5S. The second-order valence-electron chi connectivity index (χ2n) is 10.6. The van der Waals surface area contributed by atoms with Crippen LogP contribution in [0.5, 0.6) is 5.75 Å². The lowest BCUT2D eigenvalue weighted by atomic mass is 9.87. The van der Waals surface area contributed by atoms with Crippen LogP contribution in [-0.4, -0.2) is 43.8 Å². The summed E-state index contributed by atoms with van der Waals surface area (Å²) in [4.78, 5) is 15.1. The summed E-state index contributed by atoms with van der Waals surface area (Å²) in [5.41, 5.74) is 2.86. The third-order valence-corrected chi connectivity index (χ3v) is 9.29. The van der Waals surface area contributed by atoms with Crippen molar-refractivity contribution in [2.24, 2.45) is 0 Å². The molecule has 0 N–H and O–H groups in total. The third-order valence-electron chi connectivity index (χ3n) is 6.80. The summed E-state index contributed by atoms with van der Waals surface area (Å²) in [5, 5.41) is 0. The van der Waals surface area contributed by atoms with E-state index < -0.39 is 10.0 Å². The molecule has 0 saturated carbocycles. The molecule has 0 aliphatic carbocycles. The Morgan fingerprint density at radius 1 is 1.00 bits per heavy atom. The highest BCUT2D eigenvalue weighted by atomic mass is 79.9. The zero-order valence-corrected chi connectivity index (χ0v) is 24.8. The Bertz CT molecular complexity index is 1420. The van der Waals surface area contributed by atoms with Crippen LogP contribution in [0.15, 0.2) is 73.4 Å². The van der Waals surface area contributed by atoms with Crippen molar-refractivity contribution in [1.29, 1.82) is 0 Å².